The van der Waals surface area contributed by atoms with Crippen LogP contribution in [0.25, 0.3) is 0 Å². The van der Waals surface area contributed by atoms with Crippen LogP contribution in [0.3, 0.4) is 0 Å². The number of aliphatic hydroxyl groups excluding tert-OH is 2. The van der Waals surface area contributed by atoms with E-state index in [9.17, 15) is 24.6 Å². The summed E-state index contributed by atoms with van der Waals surface area (Å²) in [6.45, 7) is 9.93. The van der Waals surface area contributed by atoms with Crippen molar-refractivity contribution in [3.05, 3.63) is 0 Å². The Balaban J connectivity index is 3.05. The van der Waals surface area contributed by atoms with Crippen LogP contribution in [0.15, 0.2) is 0 Å². The fourth-order valence-corrected chi connectivity index (χ4v) is 6.77. The van der Waals surface area contributed by atoms with Crippen LogP contribution in [0.4, 0.5) is 4.79 Å². The van der Waals surface area contributed by atoms with Gasteiger partial charge in [-0.05, 0) is 25.3 Å². The summed E-state index contributed by atoms with van der Waals surface area (Å²) in [7, 11) is -1.55. The van der Waals surface area contributed by atoms with Crippen LogP contribution >= 0.6 is 34.8 Å². The number of halogens is 3. The molecule has 0 spiro atoms. The van der Waals surface area contributed by atoms with Gasteiger partial charge < -0.3 is 39.2 Å². The minimum absolute atomic E-state index is 0.251. The largest absolute Gasteiger partial charge is 0.462 e. The highest BCUT2D eigenvalue weighted by molar-refractivity contribution is 6.76. The van der Waals surface area contributed by atoms with Crippen LogP contribution in [0.2, 0.25) is 25.7 Å². The van der Waals surface area contributed by atoms with Gasteiger partial charge in [-0.2, -0.15) is 0 Å². The van der Waals surface area contributed by atoms with Crippen LogP contribution in [0.5, 0.6) is 0 Å². The molecule has 0 aromatic rings. The van der Waals surface area contributed by atoms with Crippen LogP contribution < -0.4 is 5.32 Å². The monoisotopic (exact) mass is 819 g/mol. The van der Waals surface area contributed by atoms with E-state index in [1.165, 1.54) is 38.5 Å². The van der Waals surface area contributed by atoms with E-state index in [0.717, 1.165) is 63.8 Å². The Labute approximate surface area is 328 Å². The Morgan fingerprint density at radius 1 is 0.846 bits per heavy atom. The first-order valence-electron chi connectivity index (χ1n) is 19.5. The minimum Gasteiger partial charge on any atom is -0.462 e. The van der Waals surface area contributed by atoms with Gasteiger partial charge in [0, 0.05) is 21.1 Å². The highest BCUT2D eigenvalue weighted by Gasteiger charge is 2.49. The van der Waals surface area contributed by atoms with E-state index in [4.69, 9.17) is 58.5 Å². The third-order valence-electron chi connectivity index (χ3n) is 8.96. The van der Waals surface area contributed by atoms with Crippen molar-refractivity contribution in [3.63, 3.8) is 0 Å². The standard InChI is InChI=1S/C37H68Cl3NO10Si/c1-6-8-10-12-14-15-16-17-19-21-28(49-30(43)22-20-18-13-11-9-7-2)25-31(44)51-34-32(41-36(46)48-27-37(38,39)40)35(47-23-24-52(3,4)5)50-29(26-42)33(34)45/h28-29,32-35,42,45H,6-27H2,1-5H3,(H,41,46)/t28-,29-,32+,33-,34-,35+/m1/s1. The lowest BCUT2D eigenvalue weighted by Gasteiger charge is -2.43. The number of aliphatic hydroxyl groups is 2. The first-order chi connectivity index (χ1) is 24.6. The molecular weight excluding hydrogens is 753 g/mol. The van der Waals surface area contributed by atoms with Gasteiger partial charge in [-0.1, -0.05) is 152 Å². The topological polar surface area (TPSA) is 150 Å². The zero-order chi connectivity index (χ0) is 39.0. The second kappa shape index (κ2) is 27.7. The molecule has 0 unspecified atom stereocenters. The Bertz CT molecular complexity index is 984. The zero-order valence-electron chi connectivity index (χ0n) is 32.3. The van der Waals surface area contributed by atoms with Crippen molar-refractivity contribution in [1.29, 1.82) is 0 Å². The number of hydrogen-bond donors (Lipinski definition) is 3. The van der Waals surface area contributed by atoms with E-state index in [-0.39, 0.29) is 25.4 Å². The molecule has 0 aromatic carbocycles. The van der Waals surface area contributed by atoms with Crippen molar-refractivity contribution in [2.24, 2.45) is 0 Å². The number of esters is 2. The molecule has 1 saturated heterocycles. The lowest BCUT2D eigenvalue weighted by atomic mass is 9.96. The Kier molecular flexibility index (Phi) is 26.2. The van der Waals surface area contributed by atoms with E-state index in [0.29, 0.717) is 6.42 Å². The molecular formula is C37H68Cl3NO10Si. The van der Waals surface area contributed by atoms with E-state index >= 15 is 0 Å². The van der Waals surface area contributed by atoms with Crippen molar-refractivity contribution in [2.75, 3.05) is 19.8 Å². The number of carbonyl (C=O) groups excluding carboxylic acids is 3. The molecule has 3 N–H and O–H groups in total. The van der Waals surface area contributed by atoms with Crippen molar-refractivity contribution >= 4 is 60.9 Å². The van der Waals surface area contributed by atoms with Crippen LogP contribution in [-0.4, -0.2) is 96.7 Å². The van der Waals surface area contributed by atoms with E-state index in [1.807, 2.05) is 0 Å². The maximum Gasteiger partial charge on any atom is 0.407 e. The molecule has 1 rings (SSSR count). The predicted octanol–water partition coefficient (Wildman–Crippen LogP) is 8.77. The average molecular weight is 821 g/mol. The number of ether oxygens (including phenoxy) is 5. The third-order valence-corrected chi connectivity index (χ3v) is 11.0. The van der Waals surface area contributed by atoms with Gasteiger partial charge in [0.05, 0.1) is 13.0 Å². The first-order valence-corrected chi connectivity index (χ1v) is 24.4. The summed E-state index contributed by atoms with van der Waals surface area (Å²) in [5.41, 5.74) is 0. The van der Waals surface area contributed by atoms with Gasteiger partial charge in [-0.15, -0.1) is 0 Å². The Morgan fingerprint density at radius 3 is 1.94 bits per heavy atom. The summed E-state index contributed by atoms with van der Waals surface area (Å²) in [4.78, 5) is 39.2. The van der Waals surface area contributed by atoms with Gasteiger partial charge >= 0.3 is 18.0 Å². The maximum absolute atomic E-state index is 13.5. The van der Waals surface area contributed by atoms with Crippen molar-refractivity contribution in [3.8, 4) is 0 Å². The number of nitrogens with one attached hydrogen (secondary N) is 1. The molecule has 1 fully saturated rings. The summed E-state index contributed by atoms with van der Waals surface area (Å²) in [6.07, 6.45) is 9.65. The smallest absolute Gasteiger partial charge is 0.407 e. The molecule has 0 bridgehead atoms. The molecule has 0 aliphatic carbocycles. The SMILES string of the molecule is CCCCCCCCCCC[C@H](CC(=O)O[C@H]1[C@H](O)[C@@H](CO)O[C@H](OCC[Si](C)(C)C)[C@H]1NC(=O)OCC(Cl)(Cl)Cl)OC(=O)CCCCCCCC. The van der Waals surface area contributed by atoms with Crippen LogP contribution in [0.1, 0.15) is 129 Å². The molecule has 0 aromatic heterocycles. The van der Waals surface area contributed by atoms with Crippen LogP contribution in [0, 0.1) is 0 Å². The Hall–Kier alpha value is -0.863. The zero-order valence-corrected chi connectivity index (χ0v) is 35.6. The number of alkyl halides is 3. The quantitative estimate of drug-likeness (QED) is 0.0230. The molecule has 1 heterocycles. The molecule has 0 radical (unpaired) electrons. The Morgan fingerprint density at radius 2 is 1.40 bits per heavy atom. The molecule has 6 atom stereocenters. The average Bonchev–Trinajstić information content (AvgIpc) is 3.06. The van der Waals surface area contributed by atoms with E-state index < -0.39 is 73.9 Å². The first kappa shape index (κ1) is 49.2. The van der Waals surface area contributed by atoms with Gasteiger partial charge in [0.1, 0.15) is 31.0 Å². The minimum atomic E-state index is -1.88. The van der Waals surface area contributed by atoms with Gasteiger partial charge in [0.15, 0.2) is 12.4 Å². The predicted molar refractivity (Wildman–Crippen MR) is 209 cm³/mol. The van der Waals surface area contributed by atoms with Gasteiger partial charge in [-0.3, -0.25) is 9.59 Å². The molecule has 1 aliphatic rings. The van der Waals surface area contributed by atoms with Crippen LogP contribution in [-0.2, 0) is 33.3 Å². The summed E-state index contributed by atoms with van der Waals surface area (Å²) in [6, 6.07) is -0.504. The number of unbranched alkanes of at least 4 members (excludes halogenated alkanes) is 13. The highest BCUT2D eigenvalue weighted by Crippen LogP contribution is 2.28. The number of rotatable bonds is 28. The number of carbonyl (C=O) groups is 3. The normalized spacial score (nSPS) is 21.4. The molecule has 15 heteroatoms. The van der Waals surface area contributed by atoms with Gasteiger partial charge in [0.25, 0.3) is 0 Å². The summed E-state index contributed by atoms with van der Waals surface area (Å²) < 4.78 is 26.6. The van der Waals surface area contributed by atoms with Gasteiger partial charge in [0.2, 0.25) is 3.79 Å². The summed E-state index contributed by atoms with van der Waals surface area (Å²) in [5.74, 6) is -1.11. The second-order valence-corrected chi connectivity index (χ2v) is 23.3. The van der Waals surface area contributed by atoms with Crippen molar-refractivity contribution < 1.29 is 48.3 Å². The van der Waals surface area contributed by atoms with Crippen molar-refractivity contribution in [2.45, 2.75) is 196 Å². The molecule has 306 valence electrons. The molecule has 0 saturated carbocycles. The molecule has 1 aliphatic heterocycles. The number of amides is 1. The lowest BCUT2D eigenvalue weighted by molar-refractivity contribution is -0.272. The highest BCUT2D eigenvalue weighted by atomic mass is 35.6. The summed E-state index contributed by atoms with van der Waals surface area (Å²) in [5, 5.41) is 23.8. The molecule has 1 amide bonds. The molecule has 52 heavy (non-hydrogen) atoms. The fourth-order valence-electron chi connectivity index (χ4n) is 5.88. The molecule has 11 nitrogen and oxygen atoms in total. The van der Waals surface area contributed by atoms with Crippen molar-refractivity contribution in [1.82, 2.24) is 5.32 Å². The fraction of sp³-hybridized carbons (Fsp3) is 0.919. The third kappa shape index (κ3) is 23.8. The number of hydrogen-bond acceptors (Lipinski definition) is 10. The van der Waals surface area contributed by atoms with E-state index in [2.05, 4.69) is 38.8 Å². The second-order valence-electron chi connectivity index (χ2n) is 15.2. The maximum atomic E-state index is 13.5. The van der Waals surface area contributed by atoms with Gasteiger partial charge in [-0.25, -0.2) is 4.79 Å². The number of alkyl carbamates (subject to hydrolysis) is 1. The lowest BCUT2D eigenvalue weighted by Crippen LogP contribution is -2.66. The summed E-state index contributed by atoms with van der Waals surface area (Å²) >= 11 is 17.2. The van der Waals surface area contributed by atoms with E-state index in [1.54, 1.807) is 0 Å².